The molecule has 0 radical (unpaired) electrons. The molecule has 0 spiro atoms. The van der Waals surface area contributed by atoms with Crippen molar-refractivity contribution in [2.45, 2.75) is 34.1 Å². The summed E-state index contributed by atoms with van der Waals surface area (Å²) in [5, 5.41) is 9.01. The van der Waals surface area contributed by atoms with Gasteiger partial charge in [0.2, 0.25) is 0 Å². The van der Waals surface area contributed by atoms with Gasteiger partial charge in [0.05, 0.1) is 7.11 Å². The smallest absolute Gasteiger partial charge is 0.328 e. The van der Waals surface area contributed by atoms with E-state index in [1.54, 1.807) is 7.11 Å². The Morgan fingerprint density at radius 3 is 2.42 bits per heavy atom. The summed E-state index contributed by atoms with van der Waals surface area (Å²) in [5.41, 5.74) is 2.82. The van der Waals surface area contributed by atoms with Gasteiger partial charge < -0.3 is 9.84 Å². The van der Waals surface area contributed by atoms with Crippen molar-refractivity contribution < 1.29 is 14.6 Å². The van der Waals surface area contributed by atoms with E-state index in [1.165, 1.54) is 6.08 Å². The van der Waals surface area contributed by atoms with E-state index in [-0.39, 0.29) is 5.41 Å². The summed E-state index contributed by atoms with van der Waals surface area (Å²) in [7, 11) is 1.63. The molecule has 0 unspecified atom stereocenters. The predicted octanol–water partition coefficient (Wildman–Crippen LogP) is 3.91. The highest BCUT2D eigenvalue weighted by Crippen LogP contribution is 2.32. The molecule has 19 heavy (non-hydrogen) atoms. The van der Waals surface area contributed by atoms with E-state index < -0.39 is 5.97 Å². The summed E-state index contributed by atoms with van der Waals surface area (Å²) < 4.78 is 5.23. The number of aryl methyl sites for hydroxylation is 1. The minimum absolute atomic E-state index is 0.0368. The van der Waals surface area contributed by atoms with Crippen LogP contribution in [0.5, 0.6) is 5.75 Å². The number of methoxy groups -OCH3 is 1. The number of hydrogen-bond donors (Lipinski definition) is 1. The predicted molar refractivity (Wildman–Crippen MR) is 77.4 cm³/mol. The third-order valence-corrected chi connectivity index (χ3v) is 2.78. The monoisotopic (exact) mass is 262 g/mol. The largest absolute Gasteiger partial charge is 0.496 e. The molecule has 0 aliphatic carbocycles. The van der Waals surface area contributed by atoms with E-state index in [2.05, 4.69) is 20.8 Å². The minimum atomic E-state index is -0.910. The second-order valence-electron chi connectivity index (χ2n) is 5.93. The molecular weight excluding hydrogens is 240 g/mol. The van der Waals surface area contributed by atoms with Crippen molar-refractivity contribution >= 4 is 11.5 Å². The Kier molecular flexibility index (Phi) is 4.76. The lowest BCUT2D eigenvalue weighted by atomic mass is 9.84. The average Bonchev–Trinajstić information content (AvgIpc) is 2.25. The third-order valence-electron chi connectivity index (χ3n) is 2.78. The molecule has 0 atom stereocenters. The molecule has 1 rings (SSSR count). The quantitative estimate of drug-likeness (QED) is 0.837. The van der Waals surface area contributed by atoms with Crippen molar-refractivity contribution in [2.75, 3.05) is 7.11 Å². The summed E-state index contributed by atoms with van der Waals surface area (Å²) in [4.78, 5) is 11.0. The molecule has 0 saturated carbocycles. The van der Waals surface area contributed by atoms with Crippen LogP contribution < -0.4 is 4.74 Å². The van der Waals surface area contributed by atoms with Gasteiger partial charge in [0.25, 0.3) is 0 Å². The fraction of sp³-hybridized carbons (Fsp3) is 0.438. The van der Waals surface area contributed by atoms with Gasteiger partial charge in [0.1, 0.15) is 5.75 Å². The van der Waals surface area contributed by atoms with Crippen LogP contribution in [0.25, 0.3) is 5.57 Å². The number of ether oxygens (including phenoxy) is 1. The molecule has 0 bridgehead atoms. The van der Waals surface area contributed by atoms with Crippen LogP contribution in [-0.2, 0) is 4.79 Å². The van der Waals surface area contributed by atoms with Crippen molar-refractivity contribution in [2.24, 2.45) is 5.41 Å². The van der Waals surface area contributed by atoms with Crippen molar-refractivity contribution in [1.82, 2.24) is 0 Å². The Hall–Kier alpha value is -1.77. The minimum Gasteiger partial charge on any atom is -0.496 e. The fourth-order valence-electron chi connectivity index (χ4n) is 2.03. The highest BCUT2D eigenvalue weighted by atomic mass is 16.5. The zero-order chi connectivity index (χ0) is 14.6. The highest BCUT2D eigenvalue weighted by Gasteiger charge is 2.16. The molecule has 0 fully saturated rings. The van der Waals surface area contributed by atoms with Crippen molar-refractivity contribution in [3.8, 4) is 5.75 Å². The number of allylic oxidation sites excluding steroid dienone is 1. The van der Waals surface area contributed by atoms with Crippen LogP contribution in [0, 0.1) is 12.3 Å². The van der Waals surface area contributed by atoms with Crippen LogP contribution in [0.4, 0.5) is 0 Å². The molecule has 1 N–H and O–H groups in total. The first-order chi connectivity index (χ1) is 8.73. The zero-order valence-corrected chi connectivity index (χ0v) is 12.3. The average molecular weight is 262 g/mol. The first-order valence-electron chi connectivity index (χ1n) is 6.31. The molecule has 3 nitrogen and oxygen atoms in total. The van der Waals surface area contributed by atoms with Crippen LogP contribution in [0.2, 0.25) is 0 Å². The van der Waals surface area contributed by atoms with Gasteiger partial charge in [0, 0.05) is 6.08 Å². The summed E-state index contributed by atoms with van der Waals surface area (Å²) in [6.07, 6.45) is 2.01. The zero-order valence-electron chi connectivity index (χ0n) is 12.3. The molecule has 0 aliphatic heterocycles. The van der Waals surface area contributed by atoms with Crippen molar-refractivity contribution in [1.29, 1.82) is 0 Å². The molecule has 0 amide bonds. The van der Waals surface area contributed by atoms with E-state index in [9.17, 15) is 4.79 Å². The number of carboxylic acid groups (broad SMARTS) is 1. The first-order valence-corrected chi connectivity index (χ1v) is 6.31. The van der Waals surface area contributed by atoms with Crippen LogP contribution in [0.3, 0.4) is 0 Å². The van der Waals surface area contributed by atoms with Gasteiger partial charge in [-0.25, -0.2) is 4.79 Å². The van der Waals surface area contributed by atoms with E-state index in [4.69, 9.17) is 9.84 Å². The van der Waals surface area contributed by atoms with E-state index in [1.807, 2.05) is 25.1 Å². The molecule has 3 heteroatoms. The van der Waals surface area contributed by atoms with Gasteiger partial charge in [-0.1, -0.05) is 26.8 Å². The number of rotatable bonds is 4. The van der Waals surface area contributed by atoms with Gasteiger partial charge >= 0.3 is 5.97 Å². The number of aliphatic carboxylic acids is 1. The normalized spacial score (nSPS) is 12.4. The van der Waals surface area contributed by atoms with Crippen LogP contribution in [0.15, 0.2) is 24.3 Å². The highest BCUT2D eigenvalue weighted by molar-refractivity contribution is 5.90. The van der Waals surface area contributed by atoms with Crippen LogP contribution in [0.1, 0.15) is 38.3 Å². The summed E-state index contributed by atoms with van der Waals surface area (Å²) in [6, 6.07) is 5.76. The Labute approximate surface area is 114 Å². The molecule has 1 aromatic rings. The molecule has 0 aliphatic rings. The maximum absolute atomic E-state index is 11.0. The lowest BCUT2D eigenvalue weighted by Gasteiger charge is -2.21. The standard InChI is InChI=1S/C16H22O3/c1-11-8-12(6-7-14(11)19-5)13(9-15(17)18)10-16(2,3)4/h6-9H,10H2,1-5H3,(H,17,18)/b13-9-. The maximum Gasteiger partial charge on any atom is 0.328 e. The summed E-state index contributed by atoms with van der Waals surface area (Å²) in [6.45, 7) is 8.25. The number of carboxylic acids is 1. The van der Waals surface area contributed by atoms with E-state index >= 15 is 0 Å². The Bertz CT molecular complexity index is 493. The first kappa shape index (κ1) is 15.3. The maximum atomic E-state index is 11.0. The van der Waals surface area contributed by atoms with Crippen molar-refractivity contribution in [3.63, 3.8) is 0 Å². The lowest BCUT2D eigenvalue weighted by molar-refractivity contribution is -0.131. The summed E-state index contributed by atoms with van der Waals surface area (Å²) in [5.74, 6) is -0.0955. The molecule has 0 saturated heterocycles. The van der Waals surface area contributed by atoms with Gasteiger partial charge in [-0.05, 0) is 47.6 Å². The van der Waals surface area contributed by atoms with Gasteiger partial charge in [0.15, 0.2) is 0 Å². The Balaban J connectivity index is 3.19. The van der Waals surface area contributed by atoms with Gasteiger partial charge in [-0.15, -0.1) is 0 Å². The van der Waals surface area contributed by atoms with Gasteiger partial charge in [-0.3, -0.25) is 0 Å². The summed E-state index contributed by atoms with van der Waals surface area (Å²) >= 11 is 0. The number of carbonyl (C=O) groups is 1. The fourth-order valence-corrected chi connectivity index (χ4v) is 2.03. The van der Waals surface area contributed by atoms with Crippen molar-refractivity contribution in [3.05, 3.63) is 35.4 Å². The van der Waals surface area contributed by atoms with Crippen LogP contribution >= 0.6 is 0 Å². The third kappa shape index (κ3) is 4.78. The lowest BCUT2D eigenvalue weighted by Crippen LogP contribution is -2.07. The second-order valence-corrected chi connectivity index (χ2v) is 5.93. The molecule has 1 aromatic carbocycles. The topological polar surface area (TPSA) is 46.5 Å². The molecular formula is C16H22O3. The molecule has 0 aromatic heterocycles. The second kappa shape index (κ2) is 5.91. The van der Waals surface area contributed by atoms with Crippen LogP contribution in [-0.4, -0.2) is 18.2 Å². The molecule has 0 heterocycles. The SMILES string of the molecule is COc1ccc(/C(=C\C(=O)O)CC(C)(C)C)cc1C. The molecule has 104 valence electrons. The van der Waals surface area contributed by atoms with E-state index in [0.29, 0.717) is 6.42 Å². The van der Waals surface area contributed by atoms with Gasteiger partial charge in [-0.2, -0.15) is 0 Å². The van der Waals surface area contributed by atoms with E-state index in [0.717, 1.165) is 22.4 Å². The Morgan fingerprint density at radius 2 is 2.00 bits per heavy atom. The number of benzene rings is 1. The number of hydrogen-bond acceptors (Lipinski definition) is 2. The Morgan fingerprint density at radius 1 is 1.37 bits per heavy atom.